The maximum Gasteiger partial charge on any atom is 0.0785 e. The summed E-state index contributed by atoms with van der Waals surface area (Å²) >= 11 is 5.59. The Kier molecular flexibility index (Phi) is 5.71. The topological polar surface area (TPSA) is 3.24 Å². The zero-order valence-electron chi connectivity index (χ0n) is 17.5. The molecule has 0 unspecified atom stereocenters. The summed E-state index contributed by atoms with van der Waals surface area (Å²) < 4.78 is -0.365. The number of nitrogens with zero attached hydrogens (tertiary/aromatic N) is 1. The maximum atomic E-state index is 5.59. The first-order valence-corrected chi connectivity index (χ1v) is 11.8. The number of hydrogen-bond donors (Lipinski definition) is 1. The quantitative estimate of drug-likeness (QED) is 0.461. The lowest BCUT2D eigenvalue weighted by Crippen LogP contribution is -2.52. The highest BCUT2D eigenvalue weighted by molar-refractivity contribution is 7.81. The van der Waals surface area contributed by atoms with Gasteiger partial charge in [-0.3, -0.25) is 4.90 Å². The van der Waals surface area contributed by atoms with Crippen LogP contribution in [-0.4, -0.2) is 23.5 Å². The third-order valence-corrected chi connectivity index (χ3v) is 8.20. The number of likely N-dealkylation sites (tertiary alicyclic amines) is 1. The van der Waals surface area contributed by atoms with E-state index in [0.717, 1.165) is 12.3 Å². The van der Waals surface area contributed by atoms with E-state index in [-0.39, 0.29) is 4.75 Å². The fourth-order valence-electron chi connectivity index (χ4n) is 5.94. The summed E-state index contributed by atoms with van der Waals surface area (Å²) in [5.74, 6) is 0.868. The lowest BCUT2D eigenvalue weighted by atomic mass is 9.80. The molecule has 3 aromatic carbocycles. The largest absolute Gasteiger partial charge is 0.295 e. The number of hydrogen-bond acceptors (Lipinski definition) is 2. The number of thiol groups is 1. The van der Waals surface area contributed by atoms with Crippen LogP contribution in [0.2, 0.25) is 0 Å². The first-order valence-electron chi connectivity index (χ1n) is 11.4. The van der Waals surface area contributed by atoms with E-state index in [1.165, 1.54) is 48.9 Å². The molecule has 1 saturated carbocycles. The minimum absolute atomic E-state index is 0.307. The van der Waals surface area contributed by atoms with Gasteiger partial charge in [-0.25, -0.2) is 0 Å². The molecule has 1 heterocycles. The molecule has 0 aromatic heterocycles. The second-order valence-corrected chi connectivity index (χ2v) is 9.69. The molecule has 3 atom stereocenters. The van der Waals surface area contributed by atoms with E-state index in [0.29, 0.717) is 12.1 Å². The van der Waals surface area contributed by atoms with Crippen molar-refractivity contribution in [2.24, 2.45) is 5.92 Å². The van der Waals surface area contributed by atoms with Gasteiger partial charge in [0.25, 0.3) is 0 Å². The Morgan fingerprint density at radius 3 is 1.93 bits per heavy atom. The van der Waals surface area contributed by atoms with Gasteiger partial charge in [-0.1, -0.05) is 97.4 Å². The lowest BCUT2D eigenvalue weighted by molar-refractivity contribution is 0.146. The third-order valence-electron chi connectivity index (χ3n) is 7.39. The molecule has 1 aliphatic heterocycles. The molecule has 0 bridgehead atoms. The molecule has 3 aromatic rings. The molecular weight excluding hydrogens is 382 g/mol. The van der Waals surface area contributed by atoms with Crippen LogP contribution < -0.4 is 0 Å². The molecule has 1 nitrogen and oxygen atoms in total. The van der Waals surface area contributed by atoms with Crippen LogP contribution in [0.4, 0.5) is 0 Å². The van der Waals surface area contributed by atoms with E-state index >= 15 is 0 Å². The molecule has 1 saturated heterocycles. The maximum absolute atomic E-state index is 5.59. The monoisotopic (exact) mass is 413 g/mol. The average molecular weight is 414 g/mol. The van der Waals surface area contributed by atoms with E-state index in [2.05, 4.69) is 95.9 Å². The summed E-state index contributed by atoms with van der Waals surface area (Å²) in [5.41, 5.74) is 3.98. The van der Waals surface area contributed by atoms with Crippen LogP contribution in [0.25, 0.3) is 0 Å². The average Bonchev–Trinajstić information content (AvgIpc) is 3.43. The second kappa shape index (κ2) is 8.61. The molecule has 0 N–H and O–H groups in total. The second-order valence-electron chi connectivity index (χ2n) is 8.99. The van der Waals surface area contributed by atoms with E-state index in [4.69, 9.17) is 12.6 Å². The highest BCUT2D eigenvalue weighted by Crippen LogP contribution is 2.48. The molecule has 1 aliphatic carbocycles. The van der Waals surface area contributed by atoms with Gasteiger partial charge in [0.05, 0.1) is 4.75 Å². The molecule has 0 amide bonds. The van der Waals surface area contributed by atoms with Gasteiger partial charge in [0.15, 0.2) is 0 Å². The molecule has 2 aliphatic rings. The lowest BCUT2D eigenvalue weighted by Gasteiger charge is -2.45. The van der Waals surface area contributed by atoms with Gasteiger partial charge in [-0.15, -0.1) is 0 Å². The molecule has 154 valence electrons. The molecular formula is C28H31NS. The fraction of sp³-hybridized carbons (Fsp3) is 0.357. The Morgan fingerprint density at radius 1 is 0.767 bits per heavy atom. The first-order chi connectivity index (χ1) is 14.8. The van der Waals surface area contributed by atoms with Crippen LogP contribution in [0.5, 0.6) is 0 Å². The number of fused-ring (bicyclic) bond motifs is 1. The summed E-state index contributed by atoms with van der Waals surface area (Å²) in [4.78, 5) is 2.83. The molecule has 2 fully saturated rings. The van der Waals surface area contributed by atoms with Gasteiger partial charge < -0.3 is 0 Å². The van der Waals surface area contributed by atoms with Crippen LogP contribution in [0, 0.1) is 5.92 Å². The Labute approximate surface area is 186 Å². The van der Waals surface area contributed by atoms with Gasteiger partial charge >= 0.3 is 0 Å². The Balaban J connectivity index is 1.64. The SMILES string of the molecule is SC(c1ccccc1)(c1ccccc1)[C@H](Cc1ccccc1)N1CC[C@@H]2CCC[C@@H]21. The van der Waals surface area contributed by atoms with Crippen LogP contribution in [0.15, 0.2) is 91.0 Å². The summed E-state index contributed by atoms with van der Waals surface area (Å²) in [6.45, 7) is 1.19. The van der Waals surface area contributed by atoms with Gasteiger partial charge in [-0.2, -0.15) is 12.6 Å². The van der Waals surface area contributed by atoms with Gasteiger partial charge in [0, 0.05) is 12.1 Å². The van der Waals surface area contributed by atoms with Crippen molar-refractivity contribution in [2.75, 3.05) is 6.54 Å². The third kappa shape index (κ3) is 3.61. The minimum Gasteiger partial charge on any atom is -0.295 e. The predicted molar refractivity (Wildman–Crippen MR) is 129 cm³/mol. The molecule has 0 radical (unpaired) electrons. The van der Waals surface area contributed by atoms with Crippen molar-refractivity contribution >= 4 is 12.6 Å². The van der Waals surface area contributed by atoms with Crippen LogP contribution in [-0.2, 0) is 11.2 Å². The molecule has 5 rings (SSSR count). The van der Waals surface area contributed by atoms with Crippen molar-refractivity contribution in [1.29, 1.82) is 0 Å². The molecule has 2 heteroatoms. The highest BCUT2D eigenvalue weighted by Gasteiger charge is 2.48. The van der Waals surface area contributed by atoms with Crippen LogP contribution >= 0.6 is 12.6 Å². The smallest absolute Gasteiger partial charge is 0.0785 e. The van der Waals surface area contributed by atoms with Crippen LogP contribution in [0.1, 0.15) is 42.4 Å². The number of benzene rings is 3. The standard InChI is InChI=1S/C28H31NS/c30-28(24-14-6-2-7-15-24,25-16-8-3-9-17-25)27(21-22-11-4-1-5-12-22)29-20-19-23-13-10-18-26(23)29/h1-9,11-12,14-17,23,26-27,30H,10,13,18-21H2/t23-,26-,27-/m0/s1. The van der Waals surface area contributed by atoms with Crippen molar-refractivity contribution in [3.05, 3.63) is 108 Å². The summed E-state index contributed by atoms with van der Waals surface area (Å²) in [6, 6.07) is 33.9. The van der Waals surface area contributed by atoms with Gasteiger partial charge in [0.2, 0.25) is 0 Å². The first kappa shape index (κ1) is 19.9. The van der Waals surface area contributed by atoms with E-state index in [1.807, 2.05) is 0 Å². The Hall–Kier alpha value is -2.03. The van der Waals surface area contributed by atoms with Crippen molar-refractivity contribution in [3.8, 4) is 0 Å². The number of rotatable bonds is 6. The zero-order chi connectivity index (χ0) is 20.4. The molecule has 30 heavy (non-hydrogen) atoms. The summed E-state index contributed by atoms with van der Waals surface area (Å²) in [7, 11) is 0. The van der Waals surface area contributed by atoms with Crippen molar-refractivity contribution in [1.82, 2.24) is 4.90 Å². The summed E-state index contributed by atoms with van der Waals surface area (Å²) in [6.07, 6.45) is 6.46. The van der Waals surface area contributed by atoms with Crippen molar-refractivity contribution < 1.29 is 0 Å². The minimum atomic E-state index is -0.365. The van der Waals surface area contributed by atoms with Crippen molar-refractivity contribution in [2.45, 2.75) is 48.9 Å². The van der Waals surface area contributed by atoms with Crippen molar-refractivity contribution in [3.63, 3.8) is 0 Å². The van der Waals surface area contributed by atoms with E-state index in [1.54, 1.807) is 0 Å². The highest BCUT2D eigenvalue weighted by atomic mass is 32.1. The Morgan fingerprint density at radius 2 is 1.33 bits per heavy atom. The van der Waals surface area contributed by atoms with Gasteiger partial charge in [-0.05, 0) is 54.8 Å². The zero-order valence-corrected chi connectivity index (χ0v) is 18.4. The Bertz CT molecular complexity index is 901. The van der Waals surface area contributed by atoms with Gasteiger partial charge in [0.1, 0.15) is 0 Å². The van der Waals surface area contributed by atoms with Crippen LogP contribution in [0.3, 0.4) is 0 Å². The van der Waals surface area contributed by atoms with E-state index in [9.17, 15) is 0 Å². The normalized spacial score (nSPS) is 22.7. The predicted octanol–water partition coefficient (Wildman–Crippen LogP) is 6.35. The summed E-state index contributed by atoms with van der Waals surface area (Å²) in [5, 5.41) is 0. The van der Waals surface area contributed by atoms with E-state index < -0.39 is 0 Å². The molecule has 0 spiro atoms. The fourth-order valence-corrected chi connectivity index (χ4v) is 6.47.